The van der Waals surface area contributed by atoms with E-state index in [9.17, 15) is 22.0 Å². The van der Waals surface area contributed by atoms with Crippen molar-refractivity contribution >= 4 is 12.4 Å². The first-order chi connectivity index (χ1) is 10.7. The summed E-state index contributed by atoms with van der Waals surface area (Å²) < 4.78 is 68.7. The van der Waals surface area contributed by atoms with E-state index < -0.39 is 18.1 Å². The van der Waals surface area contributed by atoms with Gasteiger partial charge in [0.2, 0.25) is 0 Å². The van der Waals surface area contributed by atoms with Crippen LogP contribution in [0.5, 0.6) is 5.75 Å². The van der Waals surface area contributed by atoms with Gasteiger partial charge in [0.25, 0.3) is 0 Å². The Hall–Kier alpha value is -1.86. The summed E-state index contributed by atoms with van der Waals surface area (Å²) in [6.07, 6.45) is -5.70. The Morgan fingerprint density at radius 2 is 1.42 bits per heavy atom. The number of hydrogen-bond donors (Lipinski definition) is 1. The number of alkyl halides is 5. The lowest BCUT2D eigenvalue weighted by Crippen LogP contribution is -2.45. The van der Waals surface area contributed by atoms with Gasteiger partial charge in [0.1, 0.15) is 18.4 Å². The van der Waals surface area contributed by atoms with Crippen LogP contribution < -0.4 is 10.5 Å². The molecule has 8 heteroatoms. The van der Waals surface area contributed by atoms with Crippen LogP contribution in [0.15, 0.2) is 54.6 Å². The van der Waals surface area contributed by atoms with Gasteiger partial charge in [0.15, 0.2) is 0 Å². The fourth-order valence-corrected chi connectivity index (χ4v) is 1.90. The number of nitrogens with two attached hydrogens (primary N) is 1. The van der Waals surface area contributed by atoms with Crippen LogP contribution in [-0.4, -0.2) is 12.1 Å². The van der Waals surface area contributed by atoms with Crippen LogP contribution in [0.3, 0.4) is 0 Å². The Labute approximate surface area is 141 Å². The second-order valence-electron chi connectivity index (χ2n) is 4.94. The summed E-state index contributed by atoms with van der Waals surface area (Å²) in [4.78, 5) is 0. The molecule has 0 radical (unpaired) electrons. The second-order valence-corrected chi connectivity index (χ2v) is 4.94. The Morgan fingerprint density at radius 1 is 0.875 bits per heavy atom. The number of benzene rings is 2. The lowest BCUT2D eigenvalue weighted by molar-refractivity contribution is -0.291. The fraction of sp³-hybridized carbons (Fsp3) is 0.250. The van der Waals surface area contributed by atoms with E-state index in [0.29, 0.717) is 5.75 Å². The molecular weight excluding hydrogens is 353 g/mol. The quantitative estimate of drug-likeness (QED) is 0.764. The van der Waals surface area contributed by atoms with Crippen LogP contribution in [0.25, 0.3) is 0 Å². The summed E-state index contributed by atoms with van der Waals surface area (Å²) in [6, 6.07) is 11.6. The van der Waals surface area contributed by atoms with Gasteiger partial charge in [-0.3, -0.25) is 0 Å². The maximum Gasteiger partial charge on any atom is 0.455 e. The monoisotopic (exact) mass is 367 g/mol. The van der Waals surface area contributed by atoms with Crippen LogP contribution in [0.2, 0.25) is 0 Å². The van der Waals surface area contributed by atoms with Crippen LogP contribution in [0, 0.1) is 0 Å². The van der Waals surface area contributed by atoms with Crippen molar-refractivity contribution in [3.05, 3.63) is 65.7 Å². The maximum absolute atomic E-state index is 13.2. The fourth-order valence-electron chi connectivity index (χ4n) is 1.90. The van der Waals surface area contributed by atoms with Gasteiger partial charge in [-0.2, -0.15) is 22.0 Å². The Balaban J connectivity index is 0.00000288. The molecule has 0 aliphatic rings. The molecule has 0 aliphatic carbocycles. The molecule has 0 bridgehead atoms. The van der Waals surface area contributed by atoms with E-state index in [2.05, 4.69) is 0 Å². The highest BCUT2D eigenvalue weighted by atomic mass is 35.5. The summed E-state index contributed by atoms with van der Waals surface area (Å²) in [5, 5.41) is 0. The predicted molar refractivity (Wildman–Crippen MR) is 82.4 cm³/mol. The predicted octanol–water partition coefficient (Wildman–Crippen LogP) is 4.88. The van der Waals surface area contributed by atoms with Crippen molar-refractivity contribution in [3.8, 4) is 5.75 Å². The molecule has 0 heterocycles. The third kappa shape index (κ3) is 4.58. The van der Waals surface area contributed by atoms with Crippen LogP contribution in [-0.2, 0) is 6.61 Å². The highest BCUT2D eigenvalue weighted by molar-refractivity contribution is 5.85. The first-order valence-corrected chi connectivity index (χ1v) is 6.68. The summed E-state index contributed by atoms with van der Waals surface area (Å²) in [5.74, 6) is -4.65. The largest absolute Gasteiger partial charge is 0.489 e. The molecule has 0 unspecified atom stereocenters. The van der Waals surface area contributed by atoms with Gasteiger partial charge in [-0.25, -0.2) is 0 Å². The molecule has 2 rings (SSSR count). The molecule has 0 aliphatic heterocycles. The zero-order valence-corrected chi connectivity index (χ0v) is 13.1. The summed E-state index contributed by atoms with van der Waals surface area (Å²) >= 11 is 0. The van der Waals surface area contributed by atoms with E-state index in [1.807, 2.05) is 30.3 Å². The molecule has 2 nitrogen and oxygen atoms in total. The lowest BCUT2D eigenvalue weighted by Gasteiger charge is -2.26. The molecule has 24 heavy (non-hydrogen) atoms. The van der Waals surface area contributed by atoms with Gasteiger partial charge < -0.3 is 10.5 Å². The van der Waals surface area contributed by atoms with Gasteiger partial charge in [-0.15, -0.1) is 12.4 Å². The summed E-state index contributed by atoms with van der Waals surface area (Å²) in [6.45, 7) is 0.255. The summed E-state index contributed by atoms with van der Waals surface area (Å²) in [5.41, 5.74) is 5.64. The Kier molecular flexibility index (Phi) is 6.57. The number of halogens is 6. The minimum Gasteiger partial charge on any atom is -0.489 e. The molecule has 0 fully saturated rings. The second kappa shape index (κ2) is 7.81. The number of ether oxygens (including phenoxy) is 1. The number of rotatable bonds is 5. The van der Waals surface area contributed by atoms with E-state index in [0.717, 1.165) is 17.7 Å². The molecule has 0 amide bonds. The van der Waals surface area contributed by atoms with Crippen LogP contribution in [0.1, 0.15) is 17.2 Å². The smallest absolute Gasteiger partial charge is 0.455 e. The highest BCUT2D eigenvalue weighted by Crippen LogP contribution is 2.43. The molecule has 132 valence electrons. The topological polar surface area (TPSA) is 35.2 Å². The van der Waals surface area contributed by atoms with Crippen LogP contribution >= 0.6 is 12.4 Å². The standard InChI is InChI=1S/C16H14F5NO.ClH/c17-15(18,16(19,20)21)14(22)12-6-8-13(9-7-12)23-10-11-4-2-1-3-5-11;/h1-9,14H,10,22H2;1H/t14-;/m0./s1. The van der Waals surface area contributed by atoms with E-state index in [-0.39, 0.29) is 24.6 Å². The zero-order chi connectivity index (χ0) is 17.1. The number of hydrogen-bond acceptors (Lipinski definition) is 2. The molecule has 0 saturated carbocycles. The minimum atomic E-state index is -5.70. The van der Waals surface area contributed by atoms with E-state index in [4.69, 9.17) is 10.5 Å². The first-order valence-electron chi connectivity index (χ1n) is 6.68. The molecule has 0 saturated heterocycles. The highest BCUT2D eigenvalue weighted by Gasteiger charge is 2.61. The molecule has 1 atom stereocenters. The van der Waals surface area contributed by atoms with Gasteiger partial charge in [-0.05, 0) is 23.3 Å². The lowest BCUT2D eigenvalue weighted by atomic mass is 10.0. The third-order valence-corrected chi connectivity index (χ3v) is 3.26. The van der Waals surface area contributed by atoms with Gasteiger partial charge in [-0.1, -0.05) is 42.5 Å². The van der Waals surface area contributed by atoms with Crippen molar-refractivity contribution in [2.24, 2.45) is 5.73 Å². The maximum atomic E-state index is 13.2. The van der Waals surface area contributed by atoms with Crippen LogP contribution in [0.4, 0.5) is 22.0 Å². The van der Waals surface area contributed by atoms with Crippen molar-refractivity contribution in [2.45, 2.75) is 24.7 Å². The zero-order valence-electron chi connectivity index (χ0n) is 12.3. The van der Waals surface area contributed by atoms with Crippen molar-refractivity contribution in [1.29, 1.82) is 0 Å². The van der Waals surface area contributed by atoms with Gasteiger partial charge in [0.05, 0.1) is 0 Å². The van der Waals surface area contributed by atoms with E-state index >= 15 is 0 Å². The average Bonchev–Trinajstić information content (AvgIpc) is 2.52. The molecule has 0 spiro atoms. The third-order valence-electron chi connectivity index (χ3n) is 3.26. The SMILES string of the molecule is Cl.N[C@@H](c1ccc(OCc2ccccc2)cc1)C(F)(F)C(F)(F)F. The van der Waals surface area contributed by atoms with E-state index in [1.165, 1.54) is 12.1 Å². The minimum absolute atomic E-state index is 0. The molecule has 2 N–H and O–H groups in total. The normalized spacial score (nSPS) is 13.1. The van der Waals surface area contributed by atoms with Crippen molar-refractivity contribution in [3.63, 3.8) is 0 Å². The van der Waals surface area contributed by atoms with Gasteiger partial charge >= 0.3 is 12.1 Å². The average molecular weight is 368 g/mol. The molecule has 2 aromatic rings. The van der Waals surface area contributed by atoms with Crippen molar-refractivity contribution < 1.29 is 26.7 Å². The van der Waals surface area contributed by atoms with Crippen molar-refractivity contribution in [2.75, 3.05) is 0 Å². The summed E-state index contributed by atoms with van der Waals surface area (Å²) in [7, 11) is 0. The van der Waals surface area contributed by atoms with Gasteiger partial charge in [0, 0.05) is 0 Å². The van der Waals surface area contributed by atoms with E-state index in [1.54, 1.807) is 0 Å². The van der Waals surface area contributed by atoms with Crippen molar-refractivity contribution in [1.82, 2.24) is 0 Å². The molecular formula is C16H15ClF5NO. The Morgan fingerprint density at radius 3 is 1.92 bits per heavy atom. The molecule has 2 aromatic carbocycles. The molecule has 0 aromatic heterocycles. The Bertz CT molecular complexity index is 631. The first kappa shape index (κ1) is 20.2.